The van der Waals surface area contributed by atoms with Crippen LogP contribution in [0, 0.1) is 10.1 Å². The Balaban J connectivity index is 2.04. The molecular formula is C19H17NO4S. The van der Waals surface area contributed by atoms with Gasteiger partial charge in [-0.2, -0.15) is 0 Å². The zero-order valence-electron chi connectivity index (χ0n) is 13.7. The van der Waals surface area contributed by atoms with Crippen molar-refractivity contribution in [3.8, 4) is 0 Å². The zero-order chi connectivity index (χ0) is 17.8. The van der Waals surface area contributed by atoms with Gasteiger partial charge in [-0.1, -0.05) is 30.3 Å². The molecule has 0 saturated carbocycles. The first-order valence-corrected chi connectivity index (χ1v) is 8.94. The summed E-state index contributed by atoms with van der Waals surface area (Å²) >= 11 is 1.58. The summed E-state index contributed by atoms with van der Waals surface area (Å²) in [6.07, 6.45) is 0. The Morgan fingerprint density at radius 1 is 1.20 bits per heavy atom. The molecule has 0 spiro atoms. The number of rotatable bonds is 5. The van der Waals surface area contributed by atoms with E-state index in [1.807, 2.05) is 30.3 Å². The number of non-ortho nitro benzene ring substituents is 1. The molecule has 0 aromatic heterocycles. The molecule has 1 aliphatic heterocycles. The van der Waals surface area contributed by atoms with Gasteiger partial charge < -0.3 is 4.74 Å². The third-order valence-electron chi connectivity index (χ3n) is 4.03. The Morgan fingerprint density at radius 2 is 1.88 bits per heavy atom. The number of nitro groups is 1. The van der Waals surface area contributed by atoms with Gasteiger partial charge in [0.25, 0.3) is 5.69 Å². The van der Waals surface area contributed by atoms with Crippen LogP contribution in [0.1, 0.15) is 24.0 Å². The molecule has 3 rings (SSSR count). The highest BCUT2D eigenvalue weighted by Crippen LogP contribution is 2.47. The molecule has 2 aromatic rings. The highest BCUT2D eigenvalue weighted by atomic mass is 32.2. The lowest BCUT2D eigenvalue weighted by Crippen LogP contribution is -2.14. The zero-order valence-corrected chi connectivity index (χ0v) is 14.5. The van der Waals surface area contributed by atoms with E-state index in [9.17, 15) is 14.9 Å². The first-order chi connectivity index (χ1) is 12.1. The van der Waals surface area contributed by atoms with Crippen molar-refractivity contribution in [2.24, 2.45) is 0 Å². The monoisotopic (exact) mass is 355 g/mol. The average Bonchev–Trinajstić information content (AvgIpc) is 3.08. The number of benzene rings is 2. The fraction of sp³-hybridized carbons (Fsp3) is 0.211. The minimum atomic E-state index is -0.432. The van der Waals surface area contributed by atoms with E-state index in [4.69, 9.17) is 4.74 Å². The number of carbonyl (C=O) groups is 1. The number of hydrogen-bond donors (Lipinski definition) is 0. The Labute approximate surface area is 149 Å². The summed E-state index contributed by atoms with van der Waals surface area (Å²) in [5.41, 5.74) is 2.53. The van der Waals surface area contributed by atoms with E-state index in [2.05, 4.69) is 0 Å². The SMILES string of the molecule is CCOC(=O)C1=C(c2ccc([N+](=O)[O-])cc2)SCC1c1ccccc1. The molecule has 5 nitrogen and oxygen atoms in total. The molecule has 1 unspecified atom stereocenters. The van der Waals surface area contributed by atoms with Gasteiger partial charge in [-0.25, -0.2) is 4.79 Å². The van der Waals surface area contributed by atoms with Gasteiger partial charge in [0.15, 0.2) is 0 Å². The van der Waals surface area contributed by atoms with E-state index in [0.29, 0.717) is 12.2 Å². The van der Waals surface area contributed by atoms with Crippen LogP contribution in [-0.4, -0.2) is 23.3 Å². The largest absolute Gasteiger partial charge is 0.463 e. The molecular weight excluding hydrogens is 338 g/mol. The van der Waals surface area contributed by atoms with Crippen molar-refractivity contribution in [1.82, 2.24) is 0 Å². The van der Waals surface area contributed by atoms with Crippen LogP contribution in [0.15, 0.2) is 60.2 Å². The third-order valence-corrected chi connectivity index (χ3v) is 5.27. The molecule has 1 heterocycles. The standard InChI is InChI=1S/C19H17NO4S/c1-2-24-19(21)17-16(13-6-4-3-5-7-13)12-25-18(17)14-8-10-15(11-9-14)20(22)23/h3-11,16H,2,12H2,1H3. The number of ether oxygens (including phenoxy) is 1. The van der Waals surface area contributed by atoms with Gasteiger partial charge in [-0.05, 0) is 30.2 Å². The van der Waals surface area contributed by atoms with Gasteiger partial charge in [-0.3, -0.25) is 10.1 Å². The van der Waals surface area contributed by atoms with E-state index in [0.717, 1.165) is 21.8 Å². The number of carbonyl (C=O) groups excluding carboxylic acids is 1. The fourth-order valence-corrected chi connectivity index (χ4v) is 4.23. The predicted molar refractivity (Wildman–Crippen MR) is 98.3 cm³/mol. The van der Waals surface area contributed by atoms with Crippen LogP contribution in [0.3, 0.4) is 0 Å². The van der Waals surface area contributed by atoms with Gasteiger partial charge in [-0.15, -0.1) is 11.8 Å². The lowest BCUT2D eigenvalue weighted by molar-refractivity contribution is -0.384. The number of esters is 1. The van der Waals surface area contributed by atoms with Crippen LogP contribution in [0.5, 0.6) is 0 Å². The summed E-state index contributed by atoms with van der Waals surface area (Å²) in [4.78, 5) is 23.8. The minimum Gasteiger partial charge on any atom is -0.463 e. The molecule has 0 fully saturated rings. The molecule has 0 amide bonds. The third kappa shape index (κ3) is 3.58. The molecule has 0 radical (unpaired) electrons. The molecule has 0 bridgehead atoms. The van der Waals surface area contributed by atoms with E-state index >= 15 is 0 Å². The van der Waals surface area contributed by atoms with Crippen molar-refractivity contribution in [3.63, 3.8) is 0 Å². The quantitative estimate of drug-likeness (QED) is 0.452. The smallest absolute Gasteiger partial charge is 0.335 e. The number of thioether (sulfide) groups is 1. The number of hydrogen-bond acceptors (Lipinski definition) is 5. The maximum absolute atomic E-state index is 12.6. The number of nitrogens with zero attached hydrogens (tertiary/aromatic N) is 1. The maximum atomic E-state index is 12.6. The summed E-state index contributed by atoms with van der Waals surface area (Å²) in [6.45, 7) is 2.09. The summed E-state index contributed by atoms with van der Waals surface area (Å²) in [5, 5.41) is 10.8. The fourth-order valence-electron chi connectivity index (χ4n) is 2.85. The molecule has 0 N–H and O–H groups in total. The second-order valence-corrected chi connectivity index (χ2v) is 6.57. The van der Waals surface area contributed by atoms with Gasteiger partial charge in [0, 0.05) is 28.7 Å². The number of nitro benzene ring substituents is 1. The lowest BCUT2D eigenvalue weighted by atomic mass is 9.91. The molecule has 6 heteroatoms. The molecule has 2 aromatic carbocycles. The van der Waals surface area contributed by atoms with Crippen molar-refractivity contribution < 1.29 is 14.5 Å². The molecule has 1 aliphatic rings. The second kappa shape index (κ2) is 7.53. The summed E-state index contributed by atoms with van der Waals surface area (Å²) < 4.78 is 5.27. The van der Waals surface area contributed by atoms with Crippen molar-refractivity contribution in [2.75, 3.05) is 12.4 Å². The Bertz CT molecular complexity index is 815. The van der Waals surface area contributed by atoms with Gasteiger partial charge in [0.05, 0.1) is 17.1 Å². The van der Waals surface area contributed by atoms with Crippen LogP contribution in [0.4, 0.5) is 5.69 Å². The topological polar surface area (TPSA) is 69.4 Å². The highest BCUT2D eigenvalue weighted by molar-refractivity contribution is 8.08. The van der Waals surface area contributed by atoms with Gasteiger partial charge in [0.2, 0.25) is 0 Å². The van der Waals surface area contributed by atoms with Crippen molar-refractivity contribution in [2.45, 2.75) is 12.8 Å². The Morgan fingerprint density at radius 3 is 2.48 bits per heavy atom. The Kier molecular flexibility index (Phi) is 5.19. The van der Waals surface area contributed by atoms with Crippen LogP contribution in [0.25, 0.3) is 4.91 Å². The van der Waals surface area contributed by atoms with Crippen LogP contribution in [0.2, 0.25) is 0 Å². The average molecular weight is 355 g/mol. The van der Waals surface area contributed by atoms with E-state index in [-0.39, 0.29) is 17.6 Å². The highest BCUT2D eigenvalue weighted by Gasteiger charge is 2.34. The Hall–Kier alpha value is -2.60. The molecule has 1 atom stereocenters. The molecule has 128 valence electrons. The van der Waals surface area contributed by atoms with E-state index in [1.54, 1.807) is 30.8 Å². The van der Waals surface area contributed by atoms with E-state index in [1.165, 1.54) is 12.1 Å². The van der Waals surface area contributed by atoms with Crippen LogP contribution < -0.4 is 0 Å². The summed E-state index contributed by atoms with van der Waals surface area (Å²) in [5.74, 6) is 0.370. The first kappa shape index (κ1) is 17.2. The van der Waals surface area contributed by atoms with Crippen molar-refractivity contribution >= 4 is 28.3 Å². The van der Waals surface area contributed by atoms with Crippen LogP contribution in [-0.2, 0) is 9.53 Å². The normalized spacial score (nSPS) is 16.8. The first-order valence-electron chi connectivity index (χ1n) is 7.95. The molecule has 0 aliphatic carbocycles. The van der Waals surface area contributed by atoms with Gasteiger partial charge in [0.1, 0.15) is 0 Å². The summed E-state index contributed by atoms with van der Waals surface area (Å²) in [7, 11) is 0. The van der Waals surface area contributed by atoms with E-state index < -0.39 is 4.92 Å². The lowest BCUT2D eigenvalue weighted by Gasteiger charge is -2.14. The summed E-state index contributed by atoms with van der Waals surface area (Å²) in [6, 6.07) is 16.1. The van der Waals surface area contributed by atoms with Crippen molar-refractivity contribution in [3.05, 3.63) is 81.4 Å². The van der Waals surface area contributed by atoms with Crippen LogP contribution >= 0.6 is 11.8 Å². The second-order valence-electron chi connectivity index (χ2n) is 5.54. The van der Waals surface area contributed by atoms with Crippen molar-refractivity contribution in [1.29, 1.82) is 0 Å². The predicted octanol–water partition coefficient (Wildman–Crippen LogP) is 4.40. The molecule has 0 saturated heterocycles. The molecule has 25 heavy (non-hydrogen) atoms. The van der Waals surface area contributed by atoms with Gasteiger partial charge >= 0.3 is 5.97 Å². The minimum absolute atomic E-state index is 0.0321. The maximum Gasteiger partial charge on any atom is 0.335 e.